The van der Waals surface area contributed by atoms with Gasteiger partial charge in [0.15, 0.2) is 0 Å². The Morgan fingerprint density at radius 1 is 1.17 bits per heavy atom. The topological polar surface area (TPSA) is 29.3 Å². The first-order valence-corrected chi connectivity index (χ1v) is 7.42. The first-order chi connectivity index (χ1) is 8.83. The minimum Gasteiger partial charge on any atom is -0.371 e. The van der Waals surface area contributed by atoms with E-state index in [0.29, 0.717) is 0 Å². The van der Waals surface area contributed by atoms with E-state index in [1.165, 1.54) is 56.4 Å². The fourth-order valence-corrected chi connectivity index (χ4v) is 2.80. The van der Waals surface area contributed by atoms with E-state index in [1.807, 2.05) is 0 Å². The highest BCUT2D eigenvalue weighted by Crippen LogP contribution is 2.29. The van der Waals surface area contributed by atoms with Crippen LogP contribution in [0.5, 0.6) is 0 Å². The Labute approximate surface area is 111 Å². The largest absolute Gasteiger partial charge is 0.371 e. The van der Waals surface area contributed by atoms with Gasteiger partial charge in [-0.1, -0.05) is 38.0 Å². The molecule has 2 heteroatoms. The molecule has 1 heterocycles. The average Bonchev–Trinajstić information content (AvgIpc) is 2.45. The van der Waals surface area contributed by atoms with Gasteiger partial charge in [0.2, 0.25) is 0 Å². The van der Waals surface area contributed by atoms with Crippen molar-refractivity contribution in [2.24, 2.45) is 5.73 Å². The maximum atomic E-state index is 6.36. The lowest BCUT2D eigenvalue weighted by atomic mass is 9.98. The van der Waals surface area contributed by atoms with Crippen molar-refractivity contribution in [2.75, 3.05) is 18.0 Å². The number of para-hydroxylation sites is 1. The first kappa shape index (κ1) is 13.4. The molecule has 1 unspecified atom stereocenters. The SMILES string of the molecule is CCCCC(N)c1ccccc1N1CCCCC1. The Morgan fingerprint density at radius 3 is 2.61 bits per heavy atom. The van der Waals surface area contributed by atoms with E-state index in [2.05, 4.69) is 36.1 Å². The van der Waals surface area contributed by atoms with Crippen molar-refractivity contribution < 1.29 is 0 Å². The molecule has 2 rings (SSSR count). The second-order valence-corrected chi connectivity index (χ2v) is 5.36. The van der Waals surface area contributed by atoms with Gasteiger partial charge >= 0.3 is 0 Å². The fraction of sp³-hybridized carbons (Fsp3) is 0.625. The van der Waals surface area contributed by atoms with Gasteiger partial charge in [-0.2, -0.15) is 0 Å². The molecule has 0 aliphatic carbocycles. The molecule has 1 aliphatic heterocycles. The summed E-state index contributed by atoms with van der Waals surface area (Å²) in [4.78, 5) is 2.52. The molecule has 0 bridgehead atoms. The zero-order valence-electron chi connectivity index (χ0n) is 11.6. The Balaban J connectivity index is 2.13. The highest BCUT2D eigenvalue weighted by atomic mass is 15.1. The summed E-state index contributed by atoms with van der Waals surface area (Å²) in [6, 6.07) is 8.91. The molecule has 100 valence electrons. The summed E-state index contributed by atoms with van der Waals surface area (Å²) in [7, 11) is 0. The molecule has 1 aromatic rings. The summed E-state index contributed by atoms with van der Waals surface area (Å²) >= 11 is 0. The Morgan fingerprint density at radius 2 is 1.89 bits per heavy atom. The van der Waals surface area contributed by atoms with Gasteiger partial charge in [0, 0.05) is 24.8 Å². The average molecular weight is 246 g/mol. The van der Waals surface area contributed by atoms with Crippen LogP contribution in [-0.4, -0.2) is 13.1 Å². The second kappa shape index (κ2) is 6.79. The number of rotatable bonds is 5. The predicted molar refractivity (Wildman–Crippen MR) is 79.0 cm³/mol. The molecule has 0 radical (unpaired) electrons. The monoisotopic (exact) mass is 246 g/mol. The quantitative estimate of drug-likeness (QED) is 0.854. The number of anilines is 1. The number of nitrogens with zero attached hydrogens (tertiary/aromatic N) is 1. The van der Waals surface area contributed by atoms with Crippen LogP contribution >= 0.6 is 0 Å². The van der Waals surface area contributed by atoms with Gasteiger partial charge in [-0.3, -0.25) is 0 Å². The molecule has 1 atom stereocenters. The van der Waals surface area contributed by atoms with E-state index in [1.54, 1.807) is 0 Å². The van der Waals surface area contributed by atoms with E-state index >= 15 is 0 Å². The molecule has 1 aliphatic rings. The van der Waals surface area contributed by atoms with E-state index < -0.39 is 0 Å². The van der Waals surface area contributed by atoms with Crippen LogP contribution < -0.4 is 10.6 Å². The van der Waals surface area contributed by atoms with Crippen LogP contribution in [0, 0.1) is 0 Å². The van der Waals surface area contributed by atoms with Crippen molar-refractivity contribution in [2.45, 2.75) is 51.5 Å². The van der Waals surface area contributed by atoms with Crippen LogP contribution in [0.1, 0.15) is 57.1 Å². The molecule has 0 aromatic heterocycles. The third-order valence-electron chi connectivity index (χ3n) is 3.90. The Kier molecular flexibility index (Phi) is 5.06. The van der Waals surface area contributed by atoms with Crippen LogP contribution in [0.25, 0.3) is 0 Å². The standard InChI is InChI=1S/C16H26N2/c1-2-3-10-15(17)14-9-5-6-11-16(14)18-12-7-4-8-13-18/h5-6,9,11,15H,2-4,7-8,10,12-13,17H2,1H3. The zero-order valence-corrected chi connectivity index (χ0v) is 11.6. The summed E-state index contributed by atoms with van der Waals surface area (Å²) < 4.78 is 0. The van der Waals surface area contributed by atoms with Crippen LogP contribution in [-0.2, 0) is 0 Å². The lowest BCUT2D eigenvalue weighted by Gasteiger charge is -2.32. The normalized spacial score (nSPS) is 17.8. The molecule has 2 N–H and O–H groups in total. The maximum Gasteiger partial charge on any atom is 0.0414 e. The van der Waals surface area contributed by atoms with Crippen molar-refractivity contribution in [3.8, 4) is 0 Å². The zero-order chi connectivity index (χ0) is 12.8. The smallest absolute Gasteiger partial charge is 0.0414 e. The molecule has 1 fully saturated rings. The lowest BCUT2D eigenvalue weighted by molar-refractivity contribution is 0.566. The summed E-state index contributed by atoms with van der Waals surface area (Å²) in [6.07, 6.45) is 7.55. The number of hydrogen-bond acceptors (Lipinski definition) is 2. The van der Waals surface area contributed by atoms with Crippen molar-refractivity contribution >= 4 is 5.69 Å². The highest BCUT2D eigenvalue weighted by Gasteiger charge is 2.17. The third-order valence-corrected chi connectivity index (χ3v) is 3.90. The van der Waals surface area contributed by atoms with Gasteiger partial charge < -0.3 is 10.6 Å². The summed E-state index contributed by atoms with van der Waals surface area (Å²) in [5.41, 5.74) is 9.08. The highest BCUT2D eigenvalue weighted by molar-refractivity contribution is 5.55. The van der Waals surface area contributed by atoms with Crippen molar-refractivity contribution in [1.29, 1.82) is 0 Å². The Bertz CT molecular complexity index is 356. The van der Waals surface area contributed by atoms with Crippen LogP contribution in [0.2, 0.25) is 0 Å². The van der Waals surface area contributed by atoms with E-state index in [9.17, 15) is 0 Å². The molecular weight excluding hydrogens is 220 g/mol. The van der Waals surface area contributed by atoms with Gasteiger partial charge in [0.25, 0.3) is 0 Å². The van der Waals surface area contributed by atoms with Crippen LogP contribution in [0.3, 0.4) is 0 Å². The molecular formula is C16H26N2. The maximum absolute atomic E-state index is 6.36. The van der Waals surface area contributed by atoms with Crippen molar-refractivity contribution in [3.63, 3.8) is 0 Å². The lowest BCUT2D eigenvalue weighted by Crippen LogP contribution is -2.31. The van der Waals surface area contributed by atoms with Crippen molar-refractivity contribution in [3.05, 3.63) is 29.8 Å². The molecule has 0 amide bonds. The molecule has 1 aromatic carbocycles. The fourth-order valence-electron chi connectivity index (χ4n) is 2.80. The number of nitrogens with two attached hydrogens (primary N) is 1. The van der Waals surface area contributed by atoms with Crippen LogP contribution in [0.4, 0.5) is 5.69 Å². The first-order valence-electron chi connectivity index (χ1n) is 7.42. The second-order valence-electron chi connectivity index (χ2n) is 5.36. The summed E-state index contributed by atoms with van der Waals surface area (Å²) in [6.45, 7) is 4.61. The number of benzene rings is 1. The molecule has 0 saturated carbocycles. The van der Waals surface area contributed by atoms with Gasteiger partial charge in [-0.15, -0.1) is 0 Å². The number of piperidine rings is 1. The minimum atomic E-state index is 0.197. The van der Waals surface area contributed by atoms with E-state index in [4.69, 9.17) is 5.73 Å². The van der Waals surface area contributed by atoms with Gasteiger partial charge in [-0.25, -0.2) is 0 Å². The van der Waals surface area contributed by atoms with E-state index in [0.717, 1.165) is 6.42 Å². The van der Waals surface area contributed by atoms with E-state index in [-0.39, 0.29) is 6.04 Å². The predicted octanol–water partition coefficient (Wildman–Crippen LogP) is 3.87. The number of unbranched alkanes of at least 4 members (excludes halogenated alkanes) is 1. The number of hydrogen-bond donors (Lipinski definition) is 1. The summed E-state index contributed by atoms with van der Waals surface area (Å²) in [5.74, 6) is 0. The van der Waals surface area contributed by atoms with Gasteiger partial charge in [0.05, 0.1) is 0 Å². The third kappa shape index (κ3) is 3.26. The van der Waals surface area contributed by atoms with Crippen LogP contribution in [0.15, 0.2) is 24.3 Å². The summed E-state index contributed by atoms with van der Waals surface area (Å²) in [5, 5.41) is 0. The molecule has 1 saturated heterocycles. The molecule has 18 heavy (non-hydrogen) atoms. The Hall–Kier alpha value is -1.02. The van der Waals surface area contributed by atoms with Gasteiger partial charge in [0.1, 0.15) is 0 Å². The molecule has 2 nitrogen and oxygen atoms in total. The van der Waals surface area contributed by atoms with Crippen molar-refractivity contribution in [1.82, 2.24) is 0 Å². The van der Waals surface area contributed by atoms with Gasteiger partial charge in [-0.05, 0) is 37.3 Å². The minimum absolute atomic E-state index is 0.197. The molecule has 0 spiro atoms.